The van der Waals surface area contributed by atoms with Crippen molar-refractivity contribution in [2.45, 2.75) is 25.6 Å². The zero-order valence-electron chi connectivity index (χ0n) is 12.4. The van der Waals surface area contributed by atoms with E-state index in [1.807, 2.05) is 31.2 Å². The average Bonchev–Trinajstić information content (AvgIpc) is 2.90. The summed E-state index contributed by atoms with van der Waals surface area (Å²) >= 11 is 0. The molecule has 0 spiro atoms. The van der Waals surface area contributed by atoms with Crippen LogP contribution in [-0.4, -0.2) is 29.5 Å². The van der Waals surface area contributed by atoms with Crippen molar-refractivity contribution in [3.05, 3.63) is 36.8 Å². The number of fused-ring (bicyclic) bond motifs is 3. The van der Waals surface area contributed by atoms with Gasteiger partial charge >= 0.3 is 0 Å². The Kier molecular flexibility index (Phi) is 4.08. The number of nitrogens with one attached hydrogen (secondary N) is 1. The zero-order valence-corrected chi connectivity index (χ0v) is 13.2. The number of unbranched alkanes of at least 4 members (excludes halogenated alkanes) is 1. The number of sulfonamides is 1. The van der Waals surface area contributed by atoms with E-state index in [0.29, 0.717) is 12.1 Å². The monoisotopic (exact) mass is 318 g/mol. The smallest absolute Gasteiger partial charge is 0.230 e. The first-order chi connectivity index (χ1) is 10.6. The second-order valence-corrected chi connectivity index (χ2v) is 6.99. The molecule has 6 nitrogen and oxygen atoms in total. The average molecular weight is 318 g/mol. The number of hydrogen-bond acceptors (Lipinski definition) is 4. The van der Waals surface area contributed by atoms with Gasteiger partial charge in [-0.05, 0) is 12.5 Å². The first-order valence-electron chi connectivity index (χ1n) is 7.26. The summed E-state index contributed by atoms with van der Waals surface area (Å²) in [7, 11) is -3.38. The maximum atomic E-state index is 12.2. The van der Waals surface area contributed by atoms with Crippen molar-refractivity contribution in [1.29, 1.82) is 0 Å². The standard InChI is InChI=1S/C15H18N4O2S/c1-2-3-8-18-22(20,21)11-19-10-17-14-9-16-13-7-5-4-6-12(13)15(14)19/h4-7,9-10,18H,2-3,8,11H2,1H3. The number of rotatable bonds is 6. The quantitative estimate of drug-likeness (QED) is 0.707. The zero-order chi connectivity index (χ0) is 15.6. The maximum absolute atomic E-state index is 12.2. The van der Waals surface area contributed by atoms with Gasteiger partial charge in [-0.2, -0.15) is 0 Å². The van der Waals surface area contributed by atoms with Crippen molar-refractivity contribution in [1.82, 2.24) is 19.3 Å². The van der Waals surface area contributed by atoms with Crippen LogP contribution < -0.4 is 4.72 Å². The highest BCUT2D eigenvalue weighted by Crippen LogP contribution is 2.22. The number of benzene rings is 1. The first kappa shape index (κ1) is 14.9. The van der Waals surface area contributed by atoms with Gasteiger partial charge in [-0.1, -0.05) is 31.5 Å². The molecular weight excluding hydrogens is 300 g/mol. The number of imidazole rings is 1. The van der Waals surface area contributed by atoms with Gasteiger partial charge < -0.3 is 4.57 Å². The largest absolute Gasteiger partial charge is 0.313 e. The van der Waals surface area contributed by atoms with E-state index in [-0.39, 0.29) is 5.88 Å². The molecule has 0 bridgehead atoms. The molecule has 0 amide bonds. The summed E-state index contributed by atoms with van der Waals surface area (Å²) in [5.41, 5.74) is 2.32. The lowest BCUT2D eigenvalue weighted by molar-refractivity contribution is 0.567. The third kappa shape index (κ3) is 2.95. The number of nitrogens with zero attached hydrogens (tertiary/aromatic N) is 3. The van der Waals surface area contributed by atoms with Crippen LogP contribution in [-0.2, 0) is 15.9 Å². The Morgan fingerprint density at radius 3 is 2.82 bits per heavy atom. The van der Waals surface area contributed by atoms with Gasteiger partial charge in [0.1, 0.15) is 11.4 Å². The summed E-state index contributed by atoms with van der Waals surface area (Å²) in [4.78, 5) is 8.60. The van der Waals surface area contributed by atoms with E-state index < -0.39 is 10.0 Å². The lowest BCUT2D eigenvalue weighted by Crippen LogP contribution is -2.28. The minimum absolute atomic E-state index is 0.138. The van der Waals surface area contributed by atoms with Gasteiger partial charge in [-0.15, -0.1) is 0 Å². The van der Waals surface area contributed by atoms with Crippen LogP contribution in [0.3, 0.4) is 0 Å². The summed E-state index contributed by atoms with van der Waals surface area (Å²) in [5, 5.41) is 0.904. The van der Waals surface area contributed by atoms with Crippen LogP contribution in [0.4, 0.5) is 0 Å². The number of pyridine rings is 1. The fraction of sp³-hybridized carbons (Fsp3) is 0.333. The van der Waals surface area contributed by atoms with Crippen molar-refractivity contribution in [3.8, 4) is 0 Å². The van der Waals surface area contributed by atoms with Gasteiger partial charge in [0.05, 0.1) is 23.6 Å². The van der Waals surface area contributed by atoms with Crippen molar-refractivity contribution in [2.75, 3.05) is 6.54 Å². The van der Waals surface area contributed by atoms with Crippen LogP contribution in [0.15, 0.2) is 36.8 Å². The van der Waals surface area contributed by atoms with Gasteiger partial charge in [0.2, 0.25) is 10.0 Å². The van der Waals surface area contributed by atoms with Gasteiger partial charge in [0.25, 0.3) is 0 Å². The van der Waals surface area contributed by atoms with E-state index in [0.717, 1.165) is 29.3 Å². The molecule has 0 aliphatic rings. The Morgan fingerprint density at radius 2 is 2.00 bits per heavy atom. The van der Waals surface area contributed by atoms with E-state index in [2.05, 4.69) is 14.7 Å². The number of aromatic nitrogens is 3. The first-order valence-corrected chi connectivity index (χ1v) is 8.92. The van der Waals surface area contributed by atoms with Gasteiger partial charge in [0, 0.05) is 11.9 Å². The molecule has 0 saturated heterocycles. The van der Waals surface area contributed by atoms with Crippen molar-refractivity contribution < 1.29 is 8.42 Å². The summed E-state index contributed by atoms with van der Waals surface area (Å²) in [5.74, 6) is -0.138. The molecule has 0 unspecified atom stereocenters. The summed E-state index contributed by atoms with van der Waals surface area (Å²) in [6, 6.07) is 7.65. The van der Waals surface area contributed by atoms with Crippen LogP contribution in [0.5, 0.6) is 0 Å². The number of para-hydroxylation sites is 1. The van der Waals surface area contributed by atoms with Crippen LogP contribution in [0.2, 0.25) is 0 Å². The van der Waals surface area contributed by atoms with Crippen molar-refractivity contribution in [2.24, 2.45) is 0 Å². The molecule has 0 atom stereocenters. The summed E-state index contributed by atoms with van der Waals surface area (Å²) in [6.45, 7) is 2.49. The molecule has 2 aromatic heterocycles. The minimum Gasteiger partial charge on any atom is -0.313 e. The van der Waals surface area contributed by atoms with Gasteiger partial charge in [-0.25, -0.2) is 18.1 Å². The Bertz CT molecular complexity index is 902. The van der Waals surface area contributed by atoms with E-state index in [1.54, 1.807) is 17.1 Å². The van der Waals surface area contributed by atoms with Crippen LogP contribution >= 0.6 is 0 Å². The normalized spacial score (nSPS) is 12.2. The van der Waals surface area contributed by atoms with Gasteiger partial charge in [-0.3, -0.25) is 4.98 Å². The third-order valence-electron chi connectivity index (χ3n) is 3.51. The highest BCUT2D eigenvalue weighted by atomic mass is 32.2. The second-order valence-electron chi connectivity index (χ2n) is 5.22. The van der Waals surface area contributed by atoms with E-state index in [9.17, 15) is 8.42 Å². The van der Waals surface area contributed by atoms with Crippen LogP contribution in [0.1, 0.15) is 19.8 Å². The van der Waals surface area contributed by atoms with Crippen molar-refractivity contribution in [3.63, 3.8) is 0 Å². The number of hydrogen-bond donors (Lipinski definition) is 1. The molecule has 0 radical (unpaired) electrons. The van der Waals surface area contributed by atoms with Crippen LogP contribution in [0, 0.1) is 0 Å². The molecule has 22 heavy (non-hydrogen) atoms. The molecule has 0 aliphatic carbocycles. The topological polar surface area (TPSA) is 76.9 Å². The predicted octanol–water partition coefficient (Wildman–Crippen LogP) is 2.26. The highest BCUT2D eigenvalue weighted by Gasteiger charge is 2.14. The van der Waals surface area contributed by atoms with Crippen LogP contribution in [0.25, 0.3) is 21.9 Å². The molecule has 1 N–H and O–H groups in total. The molecule has 1 aromatic carbocycles. The molecule has 0 fully saturated rings. The lowest BCUT2D eigenvalue weighted by Gasteiger charge is -2.09. The van der Waals surface area contributed by atoms with E-state index in [4.69, 9.17) is 0 Å². The van der Waals surface area contributed by atoms with Crippen molar-refractivity contribution >= 4 is 32.0 Å². The molecule has 3 aromatic rings. The Hall–Kier alpha value is -1.99. The lowest BCUT2D eigenvalue weighted by atomic mass is 10.2. The van der Waals surface area contributed by atoms with Gasteiger partial charge in [0.15, 0.2) is 0 Å². The Labute approximate surface area is 129 Å². The molecule has 0 saturated carbocycles. The maximum Gasteiger partial charge on any atom is 0.230 e. The Morgan fingerprint density at radius 1 is 1.18 bits per heavy atom. The molecular formula is C15H18N4O2S. The fourth-order valence-corrected chi connectivity index (χ4v) is 3.54. The molecule has 116 valence electrons. The molecule has 3 rings (SSSR count). The molecule has 7 heteroatoms. The predicted molar refractivity (Wildman–Crippen MR) is 86.9 cm³/mol. The summed E-state index contributed by atoms with van der Waals surface area (Å²) < 4.78 is 28.6. The molecule has 0 aliphatic heterocycles. The minimum atomic E-state index is -3.38. The second kappa shape index (κ2) is 6.02. The third-order valence-corrected chi connectivity index (χ3v) is 4.77. The Balaban J connectivity index is 1.99. The van der Waals surface area contributed by atoms with E-state index in [1.165, 1.54) is 0 Å². The highest BCUT2D eigenvalue weighted by molar-refractivity contribution is 7.88. The summed E-state index contributed by atoms with van der Waals surface area (Å²) in [6.07, 6.45) is 5.01. The molecule has 2 heterocycles. The fourth-order valence-electron chi connectivity index (χ4n) is 2.43. The SMILES string of the molecule is CCCCNS(=O)(=O)Cn1cnc2cnc3ccccc3c21. The van der Waals surface area contributed by atoms with E-state index >= 15 is 0 Å².